The first kappa shape index (κ1) is 23.2. The maximum Gasteiger partial charge on any atom is 0.253 e. The monoisotopic (exact) mass is 467 g/mol. The summed E-state index contributed by atoms with van der Waals surface area (Å²) in [6.45, 7) is 0.331. The molecule has 0 radical (unpaired) electrons. The predicted octanol–water partition coefficient (Wildman–Crippen LogP) is 5.24. The fraction of sp³-hybridized carbons (Fsp3) is 0.125. The van der Waals surface area contributed by atoms with Gasteiger partial charge in [-0.3, -0.25) is 9.78 Å². The molecule has 0 bridgehead atoms. The van der Waals surface area contributed by atoms with Gasteiger partial charge in [-0.1, -0.05) is 0 Å². The van der Waals surface area contributed by atoms with E-state index in [1.54, 1.807) is 50.1 Å². The zero-order chi connectivity index (χ0) is 21.6. The molecule has 32 heavy (non-hydrogen) atoms. The summed E-state index contributed by atoms with van der Waals surface area (Å²) in [6.07, 6.45) is 3.18. The van der Waals surface area contributed by atoms with Gasteiger partial charge in [-0.15, -0.1) is 23.7 Å². The highest BCUT2D eigenvalue weighted by Crippen LogP contribution is 2.38. The van der Waals surface area contributed by atoms with Crippen LogP contribution in [0.3, 0.4) is 0 Å². The lowest BCUT2D eigenvalue weighted by Gasteiger charge is -2.05. The summed E-state index contributed by atoms with van der Waals surface area (Å²) in [4.78, 5) is 22.2. The van der Waals surface area contributed by atoms with Gasteiger partial charge in [0, 0.05) is 18.0 Å². The number of benzene rings is 2. The second-order valence-corrected chi connectivity index (χ2v) is 7.75. The van der Waals surface area contributed by atoms with Gasteiger partial charge in [0.2, 0.25) is 0 Å². The first-order valence-corrected chi connectivity index (χ1v) is 10.5. The molecule has 6 nitrogen and oxygen atoms in total. The van der Waals surface area contributed by atoms with Crippen LogP contribution in [0.4, 0.5) is 0 Å². The zero-order valence-electron chi connectivity index (χ0n) is 17.6. The number of hydrogen-bond acceptors (Lipinski definition) is 6. The van der Waals surface area contributed by atoms with Crippen molar-refractivity contribution in [3.8, 4) is 33.2 Å². The van der Waals surface area contributed by atoms with Gasteiger partial charge in [-0.05, 0) is 66.2 Å². The Bertz CT molecular complexity index is 1100. The van der Waals surface area contributed by atoms with Crippen LogP contribution in [0.25, 0.3) is 21.7 Å². The van der Waals surface area contributed by atoms with Gasteiger partial charge in [-0.2, -0.15) is 0 Å². The fourth-order valence-corrected chi connectivity index (χ4v) is 4.11. The minimum Gasteiger partial charge on any atom is -0.497 e. The van der Waals surface area contributed by atoms with Crippen molar-refractivity contribution in [2.24, 2.45) is 0 Å². The molecule has 2 heterocycles. The van der Waals surface area contributed by atoms with E-state index in [0.29, 0.717) is 12.1 Å². The minimum absolute atomic E-state index is 0. The molecular formula is C24H22ClN3O3S. The maximum absolute atomic E-state index is 12.4. The SMILES string of the molecule is COc1ccc(-c2nc(CNC(=O)c3cccnc3)sc2-c2ccc(OC)cc2)cc1.Cl. The lowest BCUT2D eigenvalue weighted by Crippen LogP contribution is -2.22. The molecule has 0 saturated heterocycles. The molecule has 8 heteroatoms. The number of thiazole rings is 1. The summed E-state index contributed by atoms with van der Waals surface area (Å²) in [7, 11) is 3.29. The molecule has 4 rings (SSSR count). The Morgan fingerprint density at radius 1 is 0.938 bits per heavy atom. The molecule has 0 saturated carbocycles. The molecule has 1 amide bonds. The number of nitrogens with one attached hydrogen (secondary N) is 1. The van der Waals surface area contributed by atoms with E-state index in [2.05, 4.69) is 10.3 Å². The third kappa shape index (κ3) is 5.25. The molecule has 0 unspecified atom stereocenters. The Morgan fingerprint density at radius 3 is 2.12 bits per heavy atom. The molecule has 0 aliphatic rings. The van der Waals surface area contributed by atoms with E-state index in [1.165, 1.54) is 0 Å². The highest BCUT2D eigenvalue weighted by Gasteiger charge is 2.16. The van der Waals surface area contributed by atoms with Crippen LogP contribution in [0.5, 0.6) is 11.5 Å². The highest BCUT2D eigenvalue weighted by atomic mass is 35.5. The second-order valence-electron chi connectivity index (χ2n) is 6.67. The summed E-state index contributed by atoms with van der Waals surface area (Å²) in [5, 5.41) is 3.74. The van der Waals surface area contributed by atoms with Gasteiger partial charge in [0.1, 0.15) is 16.5 Å². The van der Waals surface area contributed by atoms with Crippen LogP contribution < -0.4 is 14.8 Å². The molecule has 1 N–H and O–H groups in total. The topological polar surface area (TPSA) is 73.3 Å². The Labute approximate surface area is 196 Å². The molecule has 0 fully saturated rings. The first-order chi connectivity index (χ1) is 15.2. The number of amides is 1. The number of hydrogen-bond donors (Lipinski definition) is 1. The van der Waals surface area contributed by atoms with Crippen molar-refractivity contribution in [3.63, 3.8) is 0 Å². The van der Waals surface area contributed by atoms with E-state index < -0.39 is 0 Å². The average Bonchev–Trinajstić information content (AvgIpc) is 3.27. The van der Waals surface area contributed by atoms with Crippen LogP contribution in [0.2, 0.25) is 0 Å². The normalized spacial score (nSPS) is 10.2. The number of nitrogens with zero attached hydrogens (tertiary/aromatic N) is 2. The van der Waals surface area contributed by atoms with E-state index in [1.807, 2.05) is 48.5 Å². The zero-order valence-corrected chi connectivity index (χ0v) is 19.2. The van der Waals surface area contributed by atoms with Crippen LogP contribution >= 0.6 is 23.7 Å². The number of rotatable bonds is 7. The smallest absolute Gasteiger partial charge is 0.253 e. The van der Waals surface area contributed by atoms with Crippen LogP contribution in [-0.4, -0.2) is 30.1 Å². The van der Waals surface area contributed by atoms with E-state index in [9.17, 15) is 4.79 Å². The number of aromatic nitrogens is 2. The number of ether oxygens (including phenoxy) is 2. The lowest BCUT2D eigenvalue weighted by molar-refractivity contribution is 0.0950. The molecule has 0 aliphatic heterocycles. The molecule has 2 aromatic heterocycles. The third-order valence-corrected chi connectivity index (χ3v) is 5.82. The third-order valence-electron chi connectivity index (χ3n) is 4.71. The van der Waals surface area contributed by atoms with Crippen molar-refractivity contribution in [3.05, 3.63) is 83.6 Å². The first-order valence-electron chi connectivity index (χ1n) is 9.64. The van der Waals surface area contributed by atoms with Crippen molar-refractivity contribution in [1.29, 1.82) is 0 Å². The van der Waals surface area contributed by atoms with E-state index >= 15 is 0 Å². The van der Waals surface area contributed by atoms with E-state index in [-0.39, 0.29) is 18.3 Å². The largest absolute Gasteiger partial charge is 0.497 e. The van der Waals surface area contributed by atoms with Crippen molar-refractivity contribution in [1.82, 2.24) is 15.3 Å². The summed E-state index contributed by atoms with van der Waals surface area (Å²) in [6, 6.07) is 19.1. The Balaban J connectivity index is 0.00000289. The van der Waals surface area contributed by atoms with Crippen molar-refractivity contribution in [2.75, 3.05) is 14.2 Å². The standard InChI is InChI=1S/C24H21N3O3S.ClH/c1-29-19-9-5-16(6-10-19)22-23(17-7-11-20(30-2)12-8-17)31-21(27-22)15-26-24(28)18-4-3-13-25-14-18;/h3-14H,15H2,1-2H3,(H,26,28);1H. The second kappa shape index (κ2) is 10.7. The average molecular weight is 468 g/mol. The fourth-order valence-electron chi connectivity index (χ4n) is 3.08. The molecule has 2 aromatic carbocycles. The molecular weight excluding hydrogens is 446 g/mol. The molecule has 4 aromatic rings. The van der Waals surface area contributed by atoms with Gasteiger partial charge in [0.05, 0.1) is 36.9 Å². The predicted molar refractivity (Wildman–Crippen MR) is 129 cm³/mol. The van der Waals surface area contributed by atoms with Crippen molar-refractivity contribution >= 4 is 29.7 Å². The quantitative estimate of drug-likeness (QED) is 0.402. The summed E-state index contributed by atoms with van der Waals surface area (Å²) in [5.74, 6) is 1.40. The van der Waals surface area contributed by atoms with E-state index in [0.717, 1.165) is 38.2 Å². The number of carbonyl (C=O) groups is 1. The number of halogens is 1. The van der Waals surface area contributed by atoms with Gasteiger partial charge < -0.3 is 14.8 Å². The highest BCUT2D eigenvalue weighted by molar-refractivity contribution is 7.15. The number of carbonyl (C=O) groups excluding carboxylic acids is 1. The van der Waals surface area contributed by atoms with Crippen molar-refractivity contribution < 1.29 is 14.3 Å². The molecule has 0 spiro atoms. The number of methoxy groups -OCH3 is 2. The Morgan fingerprint density at radius 2 is 1.56 bits per heavy atom. The summed E-state index contributed by atoms with van der Waals surface area (Å²) < 4.78 is 10.6. The van der Waals surface area contributed by atoms with Crippen LogP contribution in [-0.2, 0) is 6.54 Å². The van der Waals surface area contributed by atoms with Gasteiger partial charge in [0.25, 0.3) is 5.91 Å². The van der Waals surface area contributed by atoms with E-state index in [4.69, 9.17) is 14.5 Å². The minimum atomic E-state index is -0.180. The van der Waals surface area contributed by atoms with Crippen LogP contribution in [0.1, 0.15) is 15.4 Å². The summed E-state index contributed by atoms with van der Waals surface area (Å²) in [5.41, 5.74) is 3.40. The summed E-state index contributed by atoms with van der Waals surface area (Å²) >= 11 is 1.55. The Kier molecular flexibility index (Phi) is 7.81. The van der Waals surface area contributed by atoms with Gasteiger partial charge in [0.15, 0.2) is 0 Å². The van der Waals surface area contributed by atoms with Crippen LogP contribution in [0.15, 0.2) is 73.1 Å². The molecule has 0 aliphatic carbocycles. The maximum atomic E-state index is 12.4. The molecule has 0 atom stereocenters. The van der Waals surface area contributed by atoms with Gasteiger partial charge in [-0.25, -0.2) is 4.98 Å². The van der Waals surface area contributed by atoms with Crippen LogP contribution in [0, 0.1) is 0 Å². The van der Waals surface area contributed by atoms with Gasteiger partial charge >= 0.3 is 0 Å². The molecule has 164 valence electrons. The Hall–Kier alpha value is -3.42. The van der Waals surface area contributed by atoms with Crippen molar-refractivity contribution in [2.45, 2.75) is 6.54 Å². The lowest BCUT2D eigenvalue weighted by atomic mass is 10.1. The number of pyridine rings is 1.